The molecule has 27 heavy (non-hydrogen) atoms. The maximum absolute atomic E-state index is 5.51. The summed E-state index contributed by atoms with van der Waals surface area (Å²) in [7, 11) is 2.08. The third kappa shape index (κ3) is 9.12. The van der Waals surface area contributed by atoms with E-state index in [1.165, 1.54) is 5.56 Å². The Labute approximate surface area is 181 Å². The maximum Gasteiger partial charge on any atom is 0.193 e. The number of rotatable bonds is 9. The van der Waals surface area contributed by atoms with E-state index < -0.39 is 0 Å². The molecule has 0 radical (unpaired) electrons. The van der Waals surface area contributed by atoms with Gasteiger partial charge in [0.1, 0.15) is 5.75 Å². The molecule has 1 heterocycles. The Hall–Kier alpha value is -1.06. The van der Waals surface area contributed by atoms with Crippen LogP contribution in [0.3, 0.4) is 0 Å². The molecule has 1 aliphatic heterocycles. The summed E-state index contributed by atoms with van der Waals surface area (Å²) in [6.45, 7) is 12.2. The van der Waals surface area contributed by atoms with Gasteiger partial charge in [-0.1, -0.05) is 12.1 Å². The van der Waals surface area contributed by atoms with Crippen molar-refractivity contribution in [3.8, 4) is 5.75 Å². The van der Waals surface area contributed by atoms with Gasteiger partial charge in [0.05, 0.1) is 19.8 Å². The number of aliphatic imine (C=N–C) groups is 1. The van der Waals surface area contributed by atoms with Crippen LogP contribution in [0.4, 0.5) is 0 Å². The van der Waals surface area contributed by atoms with Gasteiger partial charge in [0.15, 0.2) is 5.96 Å². The number of hydrogen-bond acceptors (Lipinski definition) is 4. The van der Waals surface area contributed by atoms with Crippen LogP contribution in [0.25, 0.3) is 0 Å². The molecule has 1 fully saturated rings. The monoisotopic (exact) mass is 490 g/mol. The second kappa shape index (κ2) is 14.0. The molecule has 7 heteroatoms. The lowest BCUT2D eigenvalue weighted by molar-refractivity contribution is 0.0377. The van der Waals surface area contributed by atoms with Crippen molar-refractivity contribution >= 4 is 29.9 Å². The van der Waals surface area contributed by atoms with Crippen LogP contribution < -0.4 is 10.1 Å². The van der Waals surface area contributed by atoms with Crippen molar-refractivity contribution in [1.29, 1.82) is 0 Å². The summed E-state index contributed by atoms with van der Waals surface area (Å²) in [5.74, 6) is 1.88. The topological polar surface area (TPSA) is 49.3 Å². The summed E-state index contributed by atoms with van der Waals surface area (Å²) in [6, 6.07) is 8.28. The lowest BCUT2D eigenvalue weighted by atomic mass is 10.2. The molecule has 0 saturated carbocycles. The van der Waals surface area contributed by atoms with Crippen LogP contribution in [-0.4, -0.2) is 75.4 Å². The number of nitrogens with zero attached hydrogens (tertiary/aromatic N) is 3. The van der Waals surface area contributed by atoms with Crippen molar-refractivity contribution in [3.63, 3.8) is 0 Å². The summed E-state index contributed by atoms with van der Waals surface area (Å²) < 4.78 is 10.9. The van der Waals surface area contributed by atoms with E-state index in [9.17, 15) is 0 Å². The molecule has 1 aromatic carbocycles. The highest BCUT2D eigenvalue weighted by Gasteiger charge is 2.10. The number of hydrogen-bond donors (Lipinski definition) is 1. The highest BCUT2D eigenvalue weighted by molar-refractivity contribution is 14.0. The molecule has 6 nitrogen and oxygen atoms in total. The Morgan fingerprint density at radius 1 is 1.22 bits per heavy atom. The molecule has 0 aliphatic carbocycles. The first-order valence-corrected chi connectivity index (χ1v) is 9.74. The van der Waals surface area contributed by atoms with E-state index in [0.717, 1.165) is 70.6 Å². The van der Waals surface area contributed by atoms with E-state index in [4.69, 9.17) is 14.5 Å². The number of guanidine groups is 1. The minimum absolute atomic E-state index is 0. The molecule has 0 unspecified atom stereocenters. The SMILES string of the molecule is CCNC(=NCCCN1CCOCC1)N(C)Cc1ccc(OCC)cc1.I. The molecular weight excluding hydrogens is 455 g/mol. The highest BCUT2D eigenvalue weighted by Crippen LogP contribution is 2.13. The van der Waals surface area contributed by atoms with Gasteiger partial charge in [0.2, 0.25) is 0 Å². The lowest BCUT2D eigenvalue weighted by Gasteiger charge is -2.26. The number of halogens is 1. The van der Waals surface area contributed by atoms with Crippen molar-refractivity contribution in [2.75, 3.05) is 59.6 Å². The molecule has 2 rings (SSSR count). The van der Waals surface area contributed by atoms with Gasteiger partial charge in [-0.3, -0.25) is 9.89 Å². The minimum Gasteiger partial charge on any atom is -0.494 e. The van der Waals surface area contributed by atoms with E-state index >= 15 is 0 Å². The van der Waals surface area contributed by atoms with E-state index in [1.807, 2.05) is 19.1 Å². The summed E-state index contributed by atoms with van der Waals surface area (Å²) in [5, 5.41) is 3.39. The average molecular weight is 490 g/mol. The van der Waals surface area contributed by atoms with Crippen molar-refractivity contribution in [2.24, 2.45) is 4.99 Å². The fraction of sp³-hybridized carbons (Fsp3) is 0.650. The molecule has 154 valence electrons. The molecule has 1 aromatic rings. The summed E-state index contributed by atoms with van der Waals surface area (Å²) in [4.78, 5) is 9.42. The summed E-state index contributed by atoms with van der Waals surface area (Å²) in [5.41, 5.74) is 1.25. The van der Waals surface area contributed by atoms with Gasteiger partial charge in [-0.2, -0.15) is 0 Å². The first-order chi connectivity index (χ1) is 12.7. The van der Waals surface area contributed by atoms with E-state index in [2.05, 4.69) is 41.2 Å². The normalized spacial score (nSPS) is 15.1. The van der Waals surface area contributed by atoms with E-state index in [1.54, 1.807) is 0 Å². The number of nitrogens with one attached hydrogen (secondary N) is 1. The third-order valence-electron chi connectivity index (χ3n) is 4.35. The largest absolute Gasteiger partial charge is 0.494 e. The van der Waals surface area contributed by atoms with Crippen molar-refractivity contribution in [2.45, 2.75) is 26.8 Å². The van der Waals surface area contributed by atoms with Crippen LogP contribution in [0.5, 0.6) is 5.75 Å². The van der Waals surface area contributed by atoms with E-state index in [0.29, 0.717) is 6.61 Å². The van der Waals surface area contributed by atoms with Crippen molar-refractivity contribution in [3.05, 3.63) is 29.8 Å². The van der Waals surface area contributed by atoms with E-state index in [-0.39, 0.29) is 24.0 Å². The Morgan fingerprint density at radius 2 is 1.93 bits per heavy atom. The van der Waals surface area contributed by atoms with Gasteiger partial charge in [0, 0.05) is 46.3 Å². The van der Waals surface area contributed by atoms with Gasteiger partial charge < -0.3 is 19.7 Å². The fourth-order valence-electron chi connectivity index (χ4n) is 2.98. The standard InChI is InChI=1S/C20H34N4O2.HI/c1-4-21-20(22-11-6-12-24-13-15-25-16-14-24)23(3)17-18-7-9-19(10-8-18)26-5-2;/h7-10H,4-6,11-17H2,1-3H3,(H,21,22);1H. The zero-order valence-corrected chi connectivity index (χ0v) is 19.3. The first kappa shape index (κ1) is 24.0. The molecule has 0 aromatic heterocycles. The summed E-state index contributed by atoms with van der Waals surface area (Å²) >= 11 is 0. The zero-order chi connectivity index (χ0) is 18.6. The summed E-state index contributed by atoms with van der Waals surface area (Å²) in [6.07, 6.45) is 1.08. The van der Waals surface area contributed by atoms with Crippen molar-refractivity contribution < 1.29 is 9.47 Å². The van der Waals surface area contributed by atoms with Crippen molar-refractivity contribution in [1.82, 2.24) is 15.1 Å². The quantitative estimate of drug-likeness (QED) is 0.250. The molecule has 0 amide bonds. The van der Waals surface area contributed by atoms with Gasteiger partial charge in [0.25, 0.3) is 0 Å². The molecule has 1 aliphatic rings. The molecule has 0 spiro atoms. The number of benzene rings is 1. The maximum atomic E-state index is 5.51. The van der Waals surface area contributed by atoms with Crippen LogP contribution >= 0.6 is 24.0 Å². The average Bonchev–Trinajstić information content (AvgIpc) is 2.67. The third-order valence-corrected chi connectivity index (χ3v) is 4.35. The van der Waals surface area contributed by atoms with Crippen LogP contribution in [0, 0.1) is 0 Å². The van der Waals surface area contributed by atoms with Gasteiger partial charge in [-0.05, 0) is 38.0 Å². The Balaban J connectivity index is 0.00000364. The predicted molar refractivity (Wildman–Crippen MR) is 122 cm³/mol. The van der Waals surface area contributed by atoms with Crippen LogP contribution in [-0.2, 0) is 11.3 Å². The van der Waals surface area contributed by atoms with Crippen LogP contribution in [0.15, 0.2) is 29.3 Å². The smallest absolute Gasteiger partial charge is 0.193 e. The first-order valence-electron chi connectivity index (χ1n) is 9.74. The predicted octanol–water partition coefficient (Wildman–Crippen LogP) is 2.82. The van der Waals surface area contributed by atoms with Crippen LogP contribution in [0.2, 0.25) is 0 Å². The number of ether oxygens (including phenoxy) is 2. The fourth-order valence-corrected chi connectivity index (χ4v) is 2.98. The highest BCUT2D eigenvalue weighted by atomic mass is 127. The molecule has 1 saturated heterocycles. The lowest BCUT2D eigenvalue weighted by Crippen LogP contribution is -2.39. The molecule has 0 atom stereocenters. The molecule has 1 N–H and O–H groups in total. The van der Waals surface area contributed by atoms with Gasteiger partial charge >= 0.3 is 0 Å². The zero-order valence-electron chi connectivity index (χ0n) is 16.9. The Kier molecular flexibility index (Phi) is 12.4. The van der Waals surface area contributed by atoms with Gasteiger partial charge in [-0.25, -0.2) is 0 Å². The Morgan fingerprint density at radius 3 is 2.56 bits per heavy atom. The second-order valence-corrected chi connectivity index (χ2v) is 6.48. The van der Waals surface area contributed by atoms with Crippen LogP contribution in [0.1, 0.15) is 25.8 Å². The number of morpholine rings is 1. The molecular formula is C20H35IN4O2. The molecule has 0 bridgehead atoms. The minimum atomic E-state index is 0. The Bertz CT molecular complexity index is 533. The van der Waals surface area contributed by atoms with Gasteiger partial charge in [-0.15, -0.1) is 24.0 Å². The second-order valence-electron chi connectivity index (χ2n) is 6.48.